The molecule has 0 aromatic rings. The molecule has 20 heavy (non-hydrogen) atoms. The maximum absolute atomic E-state index is 12.8. The Morgan fingerprint density at radius 2 is 1.85 bits per heavy atom. The van der Waals surface area contributed by atoms with Crippen LogP contribution in [0.1, 0.15) is 45.4 Å². The molecule has 0 N–H and O–H groups in total. The number of rotatable bonds is 5. The molecule has 1 saturated carbocycles. The Hall–Kier alpha value is -1.58. The highest BCUT2D eigenvalue weighted by atomic mass is 16.2. The third-order valence-electron chi connectivity index (χ3n) is 4.51. The van der Waals surface area contributed by atoms with E-state index in [4.69, 9.17) is 0 Å². The molecule has 0 spiro atoms. The lowest BCUT2D eigenvalue weighted by Gasteiger charge is -2.30. The molecule has 3 amide bonds. The van der Waals surface area contributed by atoms with E-state index in [1.807, 2.05) is 6.92 Å². The van der Waals surface area contributed by atoms with E-state index in [9.17, 15) is 9.59 Å². The van der Waals surface area contributed by atoms with E-state index in [2.05, 4.69) is 13.2 Å². The first-order valence-corrected chi connectivity index (χ1v) is 7.43. The first-order chi connectivity index (χ1) is 9.56. The SMILES string of the molecule is C=CCN1C(=O)N(C2CCCCC2)C(=O)C1(C)CC=C. The predicted octanol–water partition coefficient (Wildman–Crippen LogP) is 3.10. The summed E-state index contributed by atoms with van der Waals surface area (Å²) in [5, 5.41) is 0. The molecule has 2 rings (SSSR count). The van der Waals surface area contributed by atoms with Crippen LogP contribution >= 0.6 is 0 Å². The second kappa shape index (κ2) is 5.81. The minimum atomic E-state index is -0.801. The zero-order valence-electron chi connectivity index (χ0n) is 12.3. The molecule has 1 saturated heterocycles. The van der Waals surface area contributed by atoms with Crippen molar-refractivity contribution in [3.05, 3.63) is 25.3 Å². The van der Waals surface area contributed by atoms with Crippen LogP contribution in [0.5, 0.6) is 0 Å². The zero-order valence-corrected chi connectivity index (χ0v) is 12.3. The maximum atomic E-state index is 12.8. The van der Waals surface area contributed by atoms with Gasteiger partial charge in [0.15, 0.2) is 0 Å². The van der Waals surface area contributed by atoms with Gasteiger partial charge in [0, 0.05) is 12.6 Å². The van der Waals surface area contributed by atoms with E-state index in [-0.39, 0.29) is 18.0 Å². The molecule has 0 aromatic heterocycles. The summed E-state index contributed by atoms with van der Waals surface area (Å²) in [7, 11) is 0. The van der Waals surface area contributed by atoms with Crippen molar-refractivity contribution in [2.24, 2.45) is 0 Å². The summed E-state index contributed by atoms with van der Waals surface area (Å²) in [6.07, 6.45) is 9.14. The van der Waals surface area contributed by atoms with Crippen molar-refractivity contribution in [2.75, 3.05) is 6.54 Å². The number of hydrogen-bond donors (Lipinski definition) is 0. The number of amides is 3. The molecule has 1 heterocycles. The van der Waals surface area contributed by atoms with E-state index >= 15 is 0 Å². The molecule has 1 aliphatic carbocycles. The second-order valence-electron chi connectivity index (χ2n) is 5.92. The average Bonchev–Trinajstić information content (AvgIpc) is 2.62. The fraction of sp³-hybridized carbons (Fsp3) is 0.625. The molecule has 4 nitrogen and oxygen atoms in total. The molecule has 110 valence electrons. The average molecular weight is 276 g/mol. The van der Waals surface area contributed by atoms with Crippen molar-refractivity contribution in [1.82, 2.24) is 9.80 Å². The van der Waals surface area contributed by atoms with Gasteiger partial charge in [-0.2, -0.15) is 0 Å². The fourth-order valence-corrected chi connectivity index (χ4v) is 3.35. The Kier molecular flexibility index (Phi) is 4.31. The number of imide groups is 1. The van der Waals surface area contributed by atoms with Gasteiger partial charge in [0.1, 0.15) is 5.54 Å². The zero-order chi connectivity index (χ0) is 14.8. The minimum Gasteiger partial charge on any atom is -0.306 e. The molecule has 2 aliphatic rings. The van der Waals surface area contributed by atoms with Crippen molar-refractivity contribution in [2.45, 2.75) is 57.0 Å². The number of nitrogens with zero attached hydrogens (tertiary/aromatic N) is 2. The highest BCUT2D eigenvalue weighted by Gasteiger charge is 2.54. The van der Waals surface area contributed by atoms with Crippen LogP contribution in [0.4, 0.5) is 4.79 Å². The molecule has 1 aliphatic heterocycles. The monoisotopic (exact) mass is 276 g/mol. The van der Waals surface area contributed by atoms with Crippen molar-refractivity contribution in [3.63, 3.8) is 0 Å². The minimum absolute atomic E-state index is 0.0719. The van der Waals surface area contributed by atoms with E-state index in [1.165, 1.54) is 11.3 Å². The molecular formula is C16H24N2O2. The lowest BCUT2D eigenvalue weighted by molar-refractivity contribution is -0.134. The van der Waals surface area contributed by atoms with Gasteiger partial charge >= 0.3 is 6.03 Å². The smallest absolute Gasteiger partial charge is 0.306 e. The molecule has 1 unspecified atom stereocenters. The molecule has 2 fully saturated rings. The lowest BCUT2D eigenvalue weighted by Crippen LogP contribution is -2.47. The van der Waals surface area contributed by atoms with Gasteiger partial charge in [-0.15, -0.1) is 13.2 Å². The van der Waals surface area contributed by atoms with Gasteiger partial charge in [-0.1, -0.05) is 31.4 Å². The Bertz CT molecular complexity index is 426. The summed E-state index contributed by atoms with van der Waals surface area (Å²) < 4.78 is 0. The summed E-state index contributed by atoms with van der Waals surface area (Å²) in [5.74, 6) is -0.0730. The topological polar surface area (TPSA) is 40.6 Å². The number of carbonyl (C=O) groups is 2. The van der Waals surface area contributed by atoms with Crippen molar-refractivity contribution < 1.29 is 9.59 Å². The number of carbonyl (C=O) groups excluding carboxylic acids is 2. The molecule has 0 bridgehead atoms. The Balaban J connectivity index is 2.30. The molecule has 0 radical (unpaired) electrons. The van der Waals surface area contributed by atoms with Crippen LogP contribution in [-0.2, 0) is 4.79 Å². The fourth-order valence-electron chi connectivity index (χ4n) is 3.35. The van der Waals surface area contributed by atoms with E-state index < -0.39 is 5.54 Å². The lowest BCUT2D eigenvalue weighted by atomic mass is 9.92. The summed E-state index contributed by atoms with van der Waals surface area (Å²) in [6.45, 7) is 9.66. The number of hydrogen-bond acceptors (Lipinski definition) is 2. The first kappa shape index (κ1) is 14.8. The van der Waals surface area contributed by atoms with Crippen molar-refractivity contribution >= 4 is 11.9 Å². The Morgan fingerprint density at radius 1 is 1.20 bits per heavy atom. The first-order valence-electron chi connectivity index (χ1n) is 7.43. The normalized spacial score (nSPS) is 28.1. The summed E-state index contributed by atoms with van der Waals surface area (Å²) in [4.78, 5) is 28.6. The van der Waals surface area contributed by atoms with Gasteiger partial charge in [-0.3, -0.25) is 9.69 Å². The summed E-state index contributed by atoms with van der Waals surface area (Å²) >= 11 is 0. The van der Waals surface area contributed by atoms with Gasteiger partial charge in [0.25, 0.3) is 5.91 Å². The van der Waals surface area contributed by atoms with E-state index in [0.717, 1.165) is 25.7 Å². The molecule has 0 aromatic carbocycles. The number of urea groups is 1. The second-order valence-corrected chi connectivity index (χ2v) is 5.92. The quantitative estimate of drug-likeness (QED) is 0.572. The molecule has 1 atom stereocenters. The van der Waals surface area contributed by atoms with Crippen LogP contribution in [0.25, 0.3) is 0 Å². The molecule has 4 heteroatoms. The van der Waals surface area contributed by atoms with Crippen LogP contribution in [0.2, 0.25) is 0 Å². The largest absolute Gasteiger partial charge is 0.328 e. The van der Waals surface area contributed by atoms with E-state index in [1.54, 1.807) is 17.1 Å². The summed E-state index contributed by atoms with van der Waals surface area (Å²) in [6, 6.07) is -0.0890. The van der Waals surface area contributed by atoms with Crippen LogP contribution in [-0.4, -0.2) is 39.9 Å². The van der Waals surface area contributed by atoms with Gasteiger partial charge in [0.2, 0.25) is 0 Å². The van der Waals surface area contributed by atoms with Gasteiger partial charge < -0.3 is 4.90 Å². The van der Waals surface area contributed by atoms with Gasteiger partial charge in [0.05, 0.1) is 0 Å². The van der Waals surface area contributed by atoms with Gasteiger partial charge in [-0.05, 0) is 26.2 Å². The van der Waals surface area contributed by atoms with Crippen molar-refractivity contribution in [3.8, 4) is 0 Å². The molecular weight excluding hydrogens is 252 g/mol. The van der Waals surface area contributed by atoms with E-state index in [0.29, 0.717) is 13.0 Å². The Morgan fingerprint density at radius 3 is 2.40 bits per heavy atom. The van der Waals surface area contributed by atoms with Crippen LogP contribution in [0.15, 0.2) is 25.3 Å². The predicted molar refractivity (Wildman–Crippen MR) is 79.2 cm³/mol. The van der Waals surface area contributed by atoms with Gasteiger partial charge in [-0.25, -0.2) is 4.79 Å². The Labute approximate surface area is 121 Å². The highest BCUT2D eigenvalue weighted by Crippen LogP contribution is 2.35. The maximum Gasteiger partial charge on any atom is 0.328 e. The van der Waals surface area contributed by atoms with Crippen LogP contribution in [0.3, 0.4) is 0 Å². The van der Waals surface area contributed by atoms with Crippen molar-refractivity contribution in [1.29, 1.82) is 0 Å². The third-order valence-corrected chi connectivity index (χ3v) is 4.51. The highest BCUT2D eigenvalue weighted by molar-refractivity contribution is 6.07. The van der Waals surface area contributed by atoms with Crippen LogP contribution in [0, 0.1) is 0 Å². The standard InChI is InChI=1S/C16H24N2O2/c1-4-11-16(3)14(19)18(13-9-7-6-8-10-13)15(20)17(16)12-5-2/h4-5,13H,1-2,6-12H2,3H3. The van der Waals surface area contributed by atoms with Crippen LogP contribution < -0.4 is 0 Å². The third kappa shape index (κ3) is 2.28. The summed E-state index contributed by atoms with van der Waals surface area (Å²) in [5.41, 5.74) is -0.801.